The zero-order valence-electron chi connectivity index (χ0n) is 16.1. The number of rotatable bonds is 7. The van der Waals surface area contributed by atoms with E-state index in [2.05, 4.69) is 24.5 Å². The number of carbonyl (C=O) groups is 1. The Labute approximate surface area is 147 Å². The summed E-state index contributed by atoms with van der Waals surface area (Å²) in [5.74, 6) is 0.410. The van der Waals surface area contributed by atoms with Gasteiger partial charge in [0.1, 0.15) is 5.60 Å². The fraction of sp³-hybridized carbons (Fsp3) is 0.947. The van der Waals surface area contributed by atoms with Gasteiger partial charge in [0.05, 0.1) is 18.2 Å². The Kier molecular flexibility index (Phi) is 6.93. The molecule has 5 atom stereocenters. The van der Waals surface area contributed by atoms with E-state index in [1.165, 1.54) is 19.3 Å². The minimum absolute atomic E-state index is 0.112. The van der Waals surface area contributed by atoms with Crippen LogP contribution in [0.3, 0.4) is 0 Å². The summed E-state index contributed by atoms with van der Waals surface area (Å²) in [5.41, 5.74) is -0.466. The van der Waals surface area contributed by atoms with Gasteiger partial charge in [-0.3, -0.25) is 0 Å². The Hall–Kier alpha value is -0.810. The van der Waals surface area contributed by atoms with Gasteiger partial charge in [-0.25, -0.2) is 4.79 Å². The lowest BCUT2D eigenvalue weighted by molar-refractivity contribution is -0.130. The number of carbonyl (C=O) groups excluding carboxylic acids is 1. The van der Waals surface area contributed by atoms with Gasteiger partial charge in [0.2, 0.25) is 0 Å². The first-order valence-corrected chi connectivity index (χ1v) is 9.73. The molecule has 0 spiro atoms. The molecule has 2 N–H and O–H groups in total. The maximum absolute atomic E-state index is 12.2. The van der Waals surface area contributed by atoms with Crippen LogP contribution in [0, 0.1) is 5.92 Å². The van der Waals surface area contributed by atoms with Crippen LogP contribution in [0.2, 0.25) is 0 Å². The van der Waals surface area contributed by atoms with Gasteiger partial charge >= 0.3 is 6.09 Å². The smallest absolute Gasteiger partial charge is 0.407 e. The highest BCUT2D eigenvalue weighted by Gasteiger charge is 2.53. The van der Waals surface area contributed by atoms with Gasteiger partial charge in [-0.2, -0.15) is 0 Å². The van der Waals surface area contributed by atoms with E-state index in [4.69, 9.17) is 9.47 Å². The van der Waals surface area contributed by atoms with Crippen molar-refractivity contribution in [2.45, 2.75) is 103 Å². The number of amides is 1. The third-order valence-electron chi connectivity index (χ3n) is 5.13. The summed E-state index contributed by atoms with van der Waals surface area (Å²) in [6, 6.07) is 0.801. The number of alkyl carbamates (subject to hydrolysis) is 1. The van der Waals surface area contributed by atoms with Crippen molar-refractivity contribution in [1.29, 1.82) is 0 Å². The number of hydrogen-bond acceptors (Lipinski definition) is 4. The summed E-state index contributed by atoms with van der Waals surface area (Å²) in [5, 5.41) is 6.86. The molecule has 1 aliphatic carbocycles. The Balaban J connectivity index is 1.96. The van der Waals surface area contributed by atoms with Crippen LogP contribution in [0.1, 0.15) is 73.1 Å². The Morgan fingerprint density at radius 1 is 1.29 bits per heavy atom. The second-order valence-corrected chi connectivity index (χ2v) is 8.25. The van der Waals surface area contributed by atoms with Crippen molar-refractivity contribution in [3.8, 4) is 0 Å². The summed E-state index contributed by atoms with van der Waals surface area (Å²) in [6.45, 7) is 11.0. The number of hydrogen-bond donors (Lipinski definition) is 2. The fourth-order valence-electron chi connectivity index (χ4n) is 3.87. The summed E-state index contributed by atoms with van der Waals surface area (Å²) < 4.78 is 11.4. The molecule has 24 heavy (non-hydrogen) atoms. The third kappa shape index (κ3) is 5.09. The van der Waals surface area contributed by atoms with Gasteiger partial charge in [-0.15, -0.1) is 0 Å². The van der Waals surface area contributed by atoms with Crippen molar-refractivity contribution < 1.29 is 14.3 Å². The van der Waals surface area contributed by atoms with Gasteiger partial charge in [0.15, 0.2) is 0 Å². The number of nitrogens with one attached hydrogen (secondary N) is 2. The molecule has 140 valence electrons. The van der Waals surface area contributed by atoms with Crippen LogP contribution in [-0.4, -0.2) is 42.5 Å². The average molecular weight is 341 g/mol. The van der Waals surface area contributed by atoms with Gasteiger partial charge < -0.3 is 20.1 Å². The normalized spacial score (nSPS) is 30.9. The van der Waals surface area contributed by atoms with E-state index >= 15 is 0 Å². The van der Waals surface area contributed by atoms with E-state index < -0.39 is 5.60 Å². The van der Waals surface area contributed by atoms with Gasteiger partial charge in [-0.1, -0.05) is 26.7 Å². The van der Waals surface area contributed by atoms with Gasteiger partial charge in [0.25, 0.3) is 0 Å². The van der Waals surface area contributed by atoms with Crippen LogP contribution in [-0.2, 0) is 9.47 Å². The molecule has 5 heteroatoms. The van der Waals surface area contributed by atoms with Crippen molar-refractivity contribution in [3.63, 3.8) is 0 Å². The largest absolute Gasteiger partial charge is 0.444 e. The molecule has 5 unspecified atom stereocenters. The first-order chi connectivity index (χ1) is 11.4. The lowest BCUT2D eigenvalue weighted by Gasteiger charge is -2.55. The molecule has 0 radical (unpaired) electrons. The predicted octanol–water partition coefficient (Wildman–Crippen LogP) is 3.62. The topological polar surface area (TPSA) is 59.6 Å². The van der Waals surface area contributed by atoms with E-state index in [0.29, 0.717) is 12.0 Å². The molecule has 0 aromatic heterocycles. The van der Waals surface area contributed by atoms with E-state index in [1.807, 2.05) is 20.8 Å². The van der Waals surface area contributed by atoms with E-state index in [9.17, 15) is 4.79 Å². The minimum atomic E-state index is -0.466. The molecule has 1 amide bonds. The van der Waals surface area contributed by atoms with Crippen molar-refractivity contribution >= 4 is 6.09 Å². The second-order valence-electron chi connectivity index (χ2n) is 8.25. The molecule has 0 aromatic rings. The maximum atomic E-state index is 12.2. The van der Waals surface area contributed by atoms with E-state index in [1.54, 1.807) is 0 Å². The summed E-state index contributed by atoms with van der Waals surface area (Å²) in [6.07, 6.45) is 6.84. The second kappa shape index (κ2) is 8.52. The van der Waals surface area contributed by atoms with Crippen LogP contribution < -0.4 is 10.6 Å². The summed E-state index contributed by atoms with van der Waals surface area (Å²) >= 11 is 0. The molecule has 0 bridgehead atoms. The first-order valence-electron chi connectivity index (χ1n) is 9.73. The minimum Gasteiger partial charge on any atom is -0.444 e. The SMILES string of the molecule is CCCCC(CC)NC1C(NC(=O)OC(C)(C)C)C2CCCOC21. The summed E-state index contributed by atoms with van der Waals surface area (Å²) in [7, 11) is 0. The average Bonchev–Trinajstić information content (AvgIpc) is 2.51. The van der Waals surface area contributed by atoms with Crippen LogP contribution >= 0.6 is 0 Å². The van der Waals surface area contributed by atoms with E-state index in [0.717, 1.165) is 25.9 Å². The standard InChI is InChI=1S/C19H36N2O3/c1-6-8-10-13(7-2)20-16-15(14-11-9-12-23-17(14)16)21-18(22)24-19(3,4)5/h13-17,20H,6-12H2,1-5H3,(H,21,22). The van der Waals surface area contributed by atoms with Crippen LogP contribution in [0.25, 0.3) is 0 Å². The van der Waals surface area contributed by atoms with Crippen LogP contribution in [0.5, 0.6) is 0 Å². The Bertz CT molecular complexity index is 408. The molecule has 1 heterocycles. The highest BCUT2D eigenvalue weighted by Crippen LogP contribution is 2.39. The molecular weight excluding hydrogens is 304 g/mol. The monoisotopic (exact) mass is 340 g/mol. The third-order valence-corrected chi connectivity index (χ3v) is 5.13. The lowest BCUT2D eigenvalue weighted by Crippen LogP contribution is -2.74. The molecule has 2 fully saturated rings. The molecule has 2 aliphatic rings. The molecule has 5 nitrogen and oxygen atoms in total. The van der Waals surface area contributed by atoms with Crippen molar-refractivity contribution in [2.75, 3.05) is 6.61 Å². The molecular formula is C19H36N2O3. The molecule has 1 aliphatic heterocycles. The molecule has 0 aromatic carbocycles. The van der Waals surface area contributed by atoms with Gasteiger partial charge in [-0.05, 0) is 46.5 Å². The Morgan fingerprint density at radius 2 is 2.04 bits per heavy atom. The van der Waals surface area contributed by atoms with Crippen molar-refractivity contribution in [2.24, 2.45) is 5.92 Å². The van der Waals surface area contributed by atoms with E-state index in [-0.39, 0.29) is 24.3 Å². The fourth-order valence-corrected chi connectivity index (χ4v) is 3.87. The quantitative estimate of drug-likeness (QED) is 0.743. The number of unbranched alkanes of at least 4 members (excludes halogenated alkanes) is 1. The molecule has 2 rings (SSSR count). The highest BCUT2D eigenvalue weighted by molar-refractivity contribution is 5.68. The maximum Gasteiger partial charge on any atom is 0.407 e. The van der Waals surface area contributed by atoms with Gasteiger partial charge in [0, 0.05) is 18.6 Å². The van der Waals surface area contributed by atoms with Crippen molar-refractivity contribution in [3.05, 3.63) is 0 Å². The molecule has 1 saturated heterocycles. The zero-order valence-corrected chi connectivity index (χ0v) is 16.1. The zero-order chi connectivity index (χ0) is 17.7. The number of ether oxygens (including phenoxy) is 2. The lowest BCUT2D eigenvalue weighted by atomic mass is 9.68. The van der Waals surface area contributed by atoms with Crippen molar-refractivity contribution in [1.82, 2.24) is 10.6 Å². The van der Waals surface area contributed by atoms with Crippen LogP contribution in [0.4, 0.5) is 4.79 Å². The Morgan fingerprint density at radius 3 is 2.67 bits per heavy atom. The predicted molar refractivity (Wildman–Crippen MR) is 96.1 cm³/mol. The first kappa shape index (κ1) is 19.5. The molecule has 1 saturated carbocycles. The summed E-state index contributed by atoms with van der Waals surface area (Å²) in [4.78, 5) is 12.2. The van der Waals surface area contributed by atoms with Crippen LogP contribution in [0.15, 0.2) is 0 Å². The highest BCUT2D eigenvalue weighted by atomic mass is 16.6. The number of fused-ring (bicyclic) bond motifs is 1.